The Kier molecular flexibility index (Phi) is 4.27. The quantitative estimate of drug-likeness (QED) is 0.641. The third kappa shape index (κ3) is 3.48. The van der Waals surface area contributed by atoms with Gasteiger partial charge in [-0.3, -0.25) is 9.89 Å². The van der Waals surface area contributed by atoms with Gasteiger partial charge in [0.1, 0.15) is 17.3 Å². The number of rotatable bonds is 5. The number of anilines is 2. The second-order valence-electron chi connectivity index (χ2n) is 6.43. The molecule has 2 amide bonds. The van der Waals surface area contributed by atoms with E-state index in [4.69, 9.17) is 4.74 Å². The number of hydrogen-bond donors (Lipinski definition) is 3. The molecular formula is C18H20N6O3. The number of benzene rings is 1. The summed E-state index contributed by atoms with van der Waals surface area (Å²) in [5.41, 5.74) is 0.719. The normalized spacial score (nSPS) is 13.6. The first kappa shape index (κ1) is 17.1. The van der Waals surface area contributed by atoms with Crippen LogP contribution in [0.2, 0.25) is 0 Å². The van der Waals surface area contributed by atoms with Crippen molar-refractivity contribution in [3.05, 3.63) is 46.1 Å². The van der Waals surface area contributed by atoms with Crippen LogP contribution in [0.5, 0.6) is 5.75 Å². The van der Waals surface area contributed by atoms with Crippen LogP contribution >= 0.6 is 0 Å². The summed E-state index contributed by atoms with van der Waals surface area (Å²) in [6.45, 7) is 4.14. The third-order valence-electron chi connectivity index (χ3n) is 4.32. The van der Waals surface area contributed by atoms with E-state index < -0.39 is 11.6 Å². The van der Waals surface area contributed by atoms with Crippen molar-refractivity contribution >= 4 is 23.2 Å². The number of nitrogens with one attached hydrogen (secondary N) is 3. The molecule has 0 aliphatic heterocycles. The van der Waals surface area contributed by atoms with Crippen LogP contribution in [0.25, 0.3) is 5.78 Å². The number of aromatic nitrogens is 4. The topological polar surface area (TPSA) is 113 Å². The molecule has 0 spiro atoms. The summed E-state index contributed by atoms with van der Waals surface area (Å²) >= 11 is 0. The molecular weight excluding hydrogens is 348 g/mol. The number of nitrogens with zero attached hydrogens (tertiary/aromatic N) is 3. The summed E-state index contributed by atoms with van der Waals surface area (Å²) in [5, 5.41) is 8.26. The zero-order chi connectivity index (χ0) is 19.0. The van der Waals surface area contributed by atoms with Crippen LogP contribution in [-0.4, -0.2) is 32.2 Å². The van der Waals surface area contributed by atoms with Gasteiger partial charge in [0.2, 0.25) is 0 Å². The highest BCUT2D eigenvalue weighted by Crippen LogP contribution is 2.37. The van der Waals surface area contributed by atoms with Crippen LogP contribution < -0.4 is 20.9 Å². The molecule has 140 valence electrons. The van der Waals surface area contributed by atoms with Crippen molar-refractivity contribution in [2.45, 2.75) is 32.6 Å². The average Bonchev–Trinajstić information content (AvgIpc) is 3.41. The molecule has 9 nitrogen and oxygen atoms in total. The molecule has 0 radical (unpaired) electrons. The summed E-state index contributed by atoms with van der Waals surface area (Å²) in [6, 6.07) is 6.45. The Morgan fingerprint density at radius 1 is 1.26 bits per heavy atom. The van der Waals surface area contributed by atoms with Gasteiger partial charge in [-0.15, -0.1) is 0 Å². The van der Waals surface area contributed by atoms with Crippen molar-refractivity contribution in [3.63, 3.8) is 0 Å². The Labute approximate surface area is 154 Å². The lowest BCUT2D eigenvalue weighted by atomic mass is 10.3. The maximum Gasteiger partial charge on any atom is 0.323 e. The van der Waals surface area contributed by atoms with Crippen molar-refractivity contribution in [1.29, 1.82) is 0 Å². The molecule has 2 aromatic heterocycles. The molecule has 1 saturated carbocycles. The fourth-order valence-corrected chi connectivity index (χ4v) is 2.80. The van der Waals surface area contributed by atoms with E-state index in [1.165, 1.54) is 4.52 Å². The van der Waals surface area contributed by atoms with Gasteiger partial charge in [0.15, 0.2) is 0 Å². The fourth-order valence-electron chi connectivity index (χ4n) is 2.80. The summed E-state index contributed by atoms with van der Waals surface area (Å²) in [7, 11) is 0. The summed E-state index contributed by atoms with van der Waals surface area (Å²) in [4.78, 5) is 33.7. The van der Waals surface area contributed by atoms with Crippen molar-refractivity contribution < 1.29 is 9.53 Å². The number of H-pyrrole nitrogens is 1. The lowest BCUT2D eigenvalue weighted by Crippen LogP contribution is -2.28. The number of aryl methyl sites for hydroxylation is 1. The Balaban J connectivity index is 1.53. The zero-order valence-corrected chi connectivity index (χ0v) is 15.1. The van der Waals surface area contributed by atoms with Crippen LogP contribution in [0.15, 0.2) is 29.1 Å². The number of ether oxygens (including phenoxy) is 1. The summed E-state index contributed by atoms with van der Waals surface area (Å²) < 4.78 is 6.64. The molecule has 1 aliphatic carbocycles. The lowest BCUT2D eigenvalue weighted by Gasteiger charge is -2.09. The molecule has 3 N–H and O–H groups in total. The molecule has 4 rings (SSSR count). The number of hydrogen-bond acceptors (Lipinski definition) is 5. The molecule has 0 atom stereocenters. The van der Waals surface area contributed by atoms with Gasteiger partial charge in [0.05, 0.1) is 12.3 Å². The largest absolute Gasteiger partial charge is 0.494 e. The van der Waals surface area contributed by atoms with E-state index in [1.54, 1.807) is 31.2 Å². The lowest BCUT2D eigenvalue weighted by molar-refractivity contribution is 0.262. The van der Waals surface area contributed by atoms with Gasteiger partial charge in [0.25, 0.3) is 11.3 Å². The Hall–Kier alpha value is -3.36. The predicted octanol–water partition coefficient (Wildman–Crippen LogP) is 2.65. The van der Waals surface area contributed by atoms with Gasteiger partial charge in [-0.2, -0.15) is 9.50 Å². The third-order valence-corrected chi connectivity index (χ3v) is 4.32. The van der Waals surface area contributed by atoms with Gasteiger partial charge in [-0.05, 0) is 51.0 Å². The number of amides is 2. The van der Waals surface area contributed by atoms with E-state index in [-0.39, 0.29) is 5.69 Å². The van der Waals surface area contributed by atoms with Gasteiger partial charge >= 0.3 is 6.03 Å². The van der Waals surface area contributed by atoms with Crippen LogP contribution in [0, 0.1) is 6.92 Å². The van der Waals surface area contributed by atoms with Crippen molar-refractivity contribution in [1.82, 2.24) is 19.6 Å². The standard InChI is InChI=1S/C18H20N6O3/c1-3-27-13-8-6-12(7-9-13)20-18(26)21-14-10(2)19-17-22-15(11-4-5-11)23-24(17)16(14)25/h6-9,11H,3-5H2,1-2H3,(H,19,22,23)(H2,20,21,26). The number of fused-ring (bicyclic) bond motifs is 1. The van der Waals surface area contributed by atoms with Gasteiger partial charge in [-0.25, -0.2) is 9.78 Å². The van der Waals surface area contributed by atoms with Crippen LogP contribution in [0.3, 0.4) is 0 Å². The molecule has 0 saturated heterocycles. The first-order valence-electron chi connectivity index (χ1n) is 8.85. The Morgan fingerprint density at radius 3 is 2.67 bits per heavy atom. The van der Waals surface area contributed by atoms with Crippen LogP contribution in [-0.2, 0) is 0 Å². The molecule has 2 heterocycles. The van der Waals surface area contributed by atoms with Gasteiger partial charge in [-0.1, -0.05) is 0 Å². The first-order chi connectivity index (χ1) is 13.0. The Morgan fingerprint density at radius 2 is 2.00 bits per heavy atom. The molecule has 3 aromatic rings. The molecule has 0 unspecified atom stereocenters. The highest BCUT2D eigenvalue weighted by Gasteiger charge is 2.28. The van der Waals surface area contributed by atoms with E-state index in [1.807, 2.05) is 6.92 Å². The van der Waals surface area contributed by atoms with Crippen LogP contribution in [0.4, 0.5) is 16.2 Å². The minimum atomic E-state index is -0.525. The smallest absolute Gasteiger partial charge is 0.323 e. The Bertz CT molecular complexity index is 1050. The highest BCUT2D eigenvalue weighted by molar-refractivity contribution is 6.00. The van der Waals surface area contributed by atoms with Gasteiger partial charge in [0, 0.05) is 11.6 Å². The molecule has 0 bridgehead atoms. The number of aromatic amines is 1. The summed E-state index contributed by atoms with van der Waals surface area (Å²) in [5.74, 6) is 2.16. The SMILES string of the molecule is CCOc1ccc(NC(=O)Nc2c(C)nc3nc(C4CC4)[nH]n3c2=O)cc1. The predicted molar refractivity (Wildman–Crippen MR) is 101 cm³/mol. The van der Waals surface area contributed by atoms with Crippen molar-refractivity contribution in [3.8, 4) is 5.75 Å². The molecule has 1 aliphatic rings. The average molecular weight is 368 g/mol. The second kappa shape index (κ2) is 6.75. The minimum absolute atomic E-state index is 0.113. The monoisotopic (exact) mass is 368 g/mol. The van der Waals surface area contributed by atoms with Crippen molar-refractivity contribution in [2.24, 2.45) is 0 Å². The van der Waals surface area contributed by atoms with Gasteiger partial charge < -0.3 is 15.4 Å². The maximum atomic E-state index is 12.7. The van der Waals surface area contributed by atoms with E-state index >= 15 is 0 Å². The second-order valence-corrected chi connectivity index (χ2v) is 6.43. The molecule has 9 heteroatoms. The van der Waals surface area contributed by atoms with E-state index in [0.29, 0.717) is 29.7 Å². The summed E-state index contributed by atoms with van der Waals surface area (Å²) in [6.07, 6.45) is 2.12. The zero-order valence-electron chi connectivity index (χ0n) is 15.1. The highest BCUT2D eigenvalue weighted by atomic mass is 16.5. The minimum Gasteiger partial charge on any atom is -0.494 e. The fraction of sp³-hybridized carbons (Fsp3) is 0.333. The van der Waals surface area contributed by atoms with E-state index in [9.17, 15) is 9.59 Å². The maximum absolute atomic E-state index is 12.7. The number of carbonyl (C=O) groups excluding carboxylic acids is 1. The van der Waals surface area contributed by atoms with Crippen LogP contribution in [0.1, 0.15) is 37.2 Å². The molecule has 1 fully saturated rings. The van der Waals surface area contributed by atoms with E-state index in [0.717, 1.165) is 24.4 Å². The molecule has 1 aromatic carbocycles. The molecule has 27 heavy (non-hydrogen) atoms. The van der Waals surface area contributed by atoms with Crippen molar-refractivity contribution in [2.75, 3.05) is 17.2 Å². The number of carbonyl (C=O) groups is 1. The first-order valence-corrected chi connectivity index (χ1v) is 8.85. The number of urea groups is 1. The van der Waals surface area contributed by atoms with E-state index in [2.05, 4.69) is 25.7 Å².